The minimum absolute atomic E-state index is 0.224. The highest BCUT2D eigenvalue weighted by Gasteiger charge is 2.13. The molecule has 3 nitrogen and oxygen atoms in total. The van der Waals surface area contributed by atoms with Crippen LogP contribution in [0.3, 0.4) is 0 Å². The lowest BCUT2D eigenvalue weighted by molar-refractivity contribution is 0.104. The van der Waals surface area contributed by atoms with E-state index in [-0.39, 0.29) is 5.78 Å². The third-order valence-electron chi connectivity index (χ3n) is 1.97. The van der Waals surface area contributed by atoms with Crippen molar-refractivity contribution in [1.82, 2.24) is 0 Å². The van der Waals surface area contributed by atoms with E-state index in [1.165, 1.54) is 11.8 Å². The predicted molar refractivity (Wildman–Crippen MR) is 76.0 cm³/mol. The van der Waals surface area contributed by atoms with Crippen molar-refractivity contribution in [3.63, 3.8) is 0 Å². The van der Waals surface area contributed by atoms with Crippen LogP contribution >= 0.6 is 23.4 Å². The number of hydrogen-bond acceptors (Lipinski definition) is 4. The highest BCUT2D eigenvalue weighted by Crippen LogP contribution is 2.24. The van der Waals surface area contributed by atoms with Gasteiger partial charge in [-0.05, 0) is 25.1 Å². The predicted octanol–water partition coefficient (Wildman–Crippen LogP) is 3.40. The Morgan fingerprint density at radius 3 is 3.00 bits per heavy atom. The number of ketones is 1. The third-order valence-corrected chi connectivity index (χ3v) is 2.92. The molecule has 1 rings (SSSR count). The van der Waals surface area contributed by atoms with Gasteiger partial charge in [0.1, 0.15) is 0 Å². The largest absolute Gasteiger partial charge is 0.398 e. The normalized spacial score (nSPS) is 10.7. The quantitative estimate of drug-likeness (QED) is 0.293. The Bertz CT molecular complexity index is 472. The Hall–Kier alpha value is -1.26. The summed E-state index contributed by atoms with van der Waals surface area (Å²) in [7, 11) is 0. The molecule has 0 unspecified atom stereocenters. The molecule has 0 radical (unpaired) electrons. The maximum Gasteiger partial charge on any atom is 0.201 e. The third kappa shape index (κ3) is 3.91. The van der Waals surface area contributed by atoms with Crippen LogP contribution < -0.4 is 5.73 Å². The van der Waals surface area contributed by atoms with Gasteiger partial charge in [-0.25, -0.2) is 0 Å². The maximum absolute atomic E-state index is 12.0. The van der Waals surface area contributed by atoms with Crippen molar-refractivity contribution in [2.75, 3.05) is 12.3 Å². The monoisotopic (exact) mass is 268 g/mol. The van der Waals surface area contributed by atoms with Crippen LogP contribution in [0.1, 0.15) is 17.3 Å². The Morgan fingerprint density at radius 1 is 1.65 bits per heavy atom. The van der Waals surface area contributed by atoms with Crippen LogP contribution in [0, 0.1) is 0 Å². The molecular formula is C12H13ClN2OS. The van der Waals surface area contributed by atoms with E-state index in [9.17, 15) is 4.79 Å². The molecule has 5 heteroatoms. The van der Waals surface area contributed by atoms with E-state index in [0.29, 0.717) is 27.7 Å². The van der Waals surface area contributed by atoms with Gasteiger partial charge in [0.25, 0.3) is 0 Å². The molecule has 0 bridgehead atoms. The number of hydrogen-bond donors (Lipinski definition) is 1. The Balaban J connectivity index is 2.85. The van der Waals surface area contributed by atoms with E-state index in [1.54, 1.807) is 23.7 Å². The zero-order chi connectivity index (χ0) is 12.8. The number of thioether (sulfide) groups is 1. The van der Waals surface area contributed by atoms with Crippen molar-refractivity contribution < 1.29 is 4.79 Å². The van der Waals surface area contributed by atoms with Crippen LogP contribution in [0.4, 0.5) is 5.69 Å². The number of carbonyl (C=O) groups is 1. The molecule has 0 amide bonds. The summed E-state index contributed by atoms with van der Waals surface area (Å²) >= 11 is 7.01. The molecule has 1 aromatic carbocycles. The summed E-state index contributed by atoms with van der Waals surface area (Å²) in [5.74, 6) is -0.224. The summed E-state index contributed by atoms with van der Waals surface area (Å²) in [5, 5.41) is 0.475. The topological polar surface area (TPSA) is 55.5 Å². The molecule has 17 heavy (non-hydrogen) atoms. The number of halogens is 1. The number of nitrogens with zero attached hydrogens (tertiary/aromatic N) is 1. The van der Waals surface area contributed by atoms with Crippen molar-refractivity contribution in [3.05, 3.63) is 40.3 Å². The second-order valence-corrected chi connectivity index (χ2v) is 4.58. The molecule has 0 aliphatic rings. The molecule has 0 saturated heterocycles. The Kier molecular flexibility index (Phi) is 5.25. The van der Waals surface area contributed by atoms with Gasteiger partial charge in [-0.3, -0.25) is 9.79 Å². The number of aliphatic imine (C=N–C) groups is 1. The van der Waals surface area contributed by atoms with Gasteiger partial charge in [-0.1, -0.05) is 29.9 Å². The highest BCUT2D eigenvalue weighted by molar-refractivity contribution is 8.16. The van der Waals surface area contributed by atoms with Gasteiger partial charge in [0.05, 0.1) is 10.5 Å². The molecule has 0 fully saturated rings. The average Bonchev–Trinajstić information content (AvgIpc) is 2.31. The molecule has 0 aliphatic heterocycles. The van der Waals surface area contributed by atoms with E-state index >= 15 is 0 Å². The van der Waals surface area contributed by atoms with Crippen LogP contribution in [0.2, 0.25) is 5.02 Å². The lowest BCUT2D eigenvalue weighted by Crippen LogP contribution is -2.04. The summed E-state index contributed by atoms with van der Waals surface area (Å²) in [6, 6.07) is 4.79. The first-order chi connectivity index (χ1) is 8.06. The average molecular weight is 269 g/mol. The van der Waals surface area contributed by atoms with E-state index < -0.39 is 0 Å². The molecular weight excluding hydrogens is 256 g/mol. The molecule has 90 valence electrons. The minimum atomic E-state index is -0.224. The summed E-state index contributed by atoms with van der Waals surface area (Å²) < 4.78 is 0. The molecule has 0 aliphatic carbocycles. The number of Topliss-reactive ketones (excluding diaryl/α,β-unsaturated/α-hetero) is 1. The van der Waals surface area contributed by atoms with Crippen molar-refractivity contribution in [2.24, 2.45) is 4.99 Å². The number of nitrogens with two attached hydrogens (primary N) is 1. The molecule has 0 spiro atoms. The van der Waals surface area contributed by atoms with Crippen LogP contribution in [0.25, 0.3) is 0 Å². The standard InChI is InChI=1S/C12H13ClN2OS/c1-3-15-7-17-8(2)12(16)10-6-9(13)4-5-11(10)14/h4-7H,2-3,14H2,1H3. The van der Waals surface area contributed by atoms with E-state index in [1.807, 2.05) is 6.92 Å². The lowest BCUT2D eigenvalue weighted by Gasteiger charge is -2.05. The van der Waals surface area contributed by atoms with E-state index in [0.717, 1.165) is 0 Å². The number of rotatable bonds is 5. The van der Waals surface area contributed by atoms with Crippen molar-refractivity contribution >= 4 is 40.4 Å². The first-order valence-corrected chi connectivity index (χ1v) is 6.25. The van der Waals surface area contributed by atoms with Crippen LogP contribution in [-0.2, 0) is 0 Å². The lowest BCUT2D eigenvalue weighted by atomic mass is 10.1. The first kappa shape index (κ1) is 13.8. The van der Waals surface area contributed by atoms with Crippen LogP contribution in [0.5, 0.6) is 0 Å². The van der Waals surface area contributed by atoms with Crippen molar-refractivity contribution in [1.29, 1.82) is 0 Å². The first-order valence-electron chi connectivity index (χ1n) is 4.99. The summed E-state index contributed by atoms with van der Waals surface area (Å²) in [6.45, 7) is 6.28. The molecule has 1 aromatic rings. The van der Waals surface area contributed by atoms with Crippen molar-refractivity contribution in [2.45, 2.75) is 6.92 Å². The van der Waals surface area contributed by atoms with Gasteiger partial charge in [0.2, 0.25) is 5.78 Å². The molecule has 2 N–H and O–H groups in total. The fourth-order valence-corrected chi connectivity index (χ4v) is 1.84. The van der Waals surface area contributed by atoms with Crippen LogP contribution in [-0.4, -0.2) is 17.9 Å². The number of anilines is 1. The highest BCUT2D eigenvalue weighted by atomic mass is 35.5. The van der Waals surface area contributed by atoms with E-state index in [2.05, 4.69) is 11.6 Å². The van der Waals surface area contributed by atoms with Gasteiger partial charge in [-0.2, -0.15) is 0 Å². The fraction of sp³-hybridized carbons (Fsp3) is 0.167. The number of allylic oxidation sites excluding steroid dienone is 1. The maximum atomic E-state index is 12.0. The Morgan fingerprint density at radius 2 is 2.35 bits per heavy atom. The SMILES string of the molecule is C=C(SC=NCC)C(=O)c1cc(Cl)ccc1N. The van der Waals surface area contributed by atoms with E-state index in [4.69, 9.17) is 17.3 Å². The van der Waals surface area contributed by atoms with Crippen LogP contribution in [0.15, 0.2) is 34.7 Å². The zero-order valence-corrected chi connectivity index (χ0v) is 11.0. The van der Waals surface area contributed by atoms with Crippen molar-refractivity contribution in [3.8, 4) is 0 Å². The molecule has 0 atom stereocenters. The summed E-state index contributed by atoms with van der Waals surface area (Å²) in [5.41, 5.74) is 8.09. The fourth-order valence-electron chi connectivity index (χ4n) is 1.10. The second-order valence-electron chi connectivity index (χ2n) is 3.21. The van der Waals surface area contributed by atoms with Gasteiger partial charge < -0.3 is 5.73 Å². The van der Waals surface area contributed by atoms with Gasteiger partial charge in [-0.15, -0.1) is 0 Å². The zero-order valence-electron chi connectivity index (χ0n) is 9.44. The number of carbonyl (C=O) groups excluding carboxylic acids is 1. The van der Waals surface area contributed by atoms with Gasteiger partial charge in [0, 0.05) is 22.8 Å². The van der Waals surface area contributed by atoms with Gasteiger partial charge in [0.15, 0.2) is 0 Å². The summed E-state index contributed by atoms with van der Waals surface area (Å²) in [6.07, 6.45) is 0. The number of benzene rings is 1. The Labute approximate surface area is 110 Å². The molecule has 0 heterocycles. The summed E-state index contributed by atoms with van der Waals surface area (Å²) in [4.78, 5) is 16.4. The minimum Gasteiger partial charge on any atom is -0.398 e. The van der Waals surface area contributed by atoms with Gasteiger partial charge >= 0.3 is 0 Å². The molecule has 0 aromatic heterocycles. The smallest absolute Gasteiger partial charge is 0.201 e. The number of nitrogen functional groups attached to an aromatic ring is 1. The molecule has 0 saturated carbocycles. The second kappa shape index (κ2) is 6.47.